The summed E-state index contributed by atoms with van der Waals surface area (Å²) in [4.78, 5) is 10.5. The minimum atomic E-state index is -0.360. The van der Waals surface area contributed by atoms with Crippen molar-refractivity contribution in [1.29, 1.82) is 0 Å². The lowest BCUT2D eigenvalue weighted by molar-refractivity contribution is 0.201. The number of aromatic nitrogens is 2. The van der Waals surface area contributed by atoms with Crippen LogP contribution in [0.1, 0.15) is 18.3 Å². The van der Waals surface area contributed by atoms with Gasteiger partial charge in [0.1, 0.15) is 5.82 Å². The maximum atomic E-state index is 9.25. The summed E-state index contributed by atoms with van der Waals surface area (Å²) >= 11 is 0. The topological polar surface area (TPSA) is 49.2 Å². The Morgan fingerprint density at radius 3 is 2.71 bits per heavy atom. The molecule has 4 nitrogen and oxygen atoms in total. The molecule has 0 aromatic carbocycles. The highest BCUT2D eigenvalue weighted by Gasteiger charge is 2.09. The van der Waals surface area contributed by atoms with Crippen LogP contribution >= 0.6 is 0 Å². The van der Waals surface area contributed by atoms with Crippen LogP contribution in [0.15, 0.2) is 6.20 Å². The normalized spacial score (nSPS) is 12.6. The molecule has 0 fully saturated rings. The molecular formula is C10H17N3O. The molecular weight excluding hydrogens is 178 g/mol. The second-order valence-electron chi connectivity index (χ2n) is 3.65. The van der Waals surface area contributed by atoms with E-state index in [0.29, 0.717) is 6.54 Å². The van der Waals surface area contributed by atoms with E-state index in [9.17, 15) is 5.11 Å². The van der Waals surface area contributed by atoms with E-state index in [0.717, 1.165) is 17.2 Å². The van der Waals surface area contributed by atoms with Crippen LogP contribution < -0.4 is 4.90 Å². The van der Waals surface area contributed by atoms with Gasteiger partial charge in [0.15, 0.2) is 0 Å². The zero-order chi connectivity index (χ0) is 10.7. The molecule has 0 amide bonds. The predicted molar refractivity (Wildman–Crippen MR) is 56.5 cm³/mol. The maximum Gasteiger partial charge on any atom is 0.150 e. The molecule has 0 saturated carbocycles. The summed E-state index contributed by atoms with van der Waals surface area (Å²) in [6, 6.07) is 0. The highest BCUT2D eigenvalue weighted by molar-refractivity contribution is 5.42. The lowest BCUT2D eigenvalue weighted by atomic mass is 10.3. The molecule has 0 bridgehead atoms. The van der Waals surface area contributed by atoms with Crippen molar-refractivity contribution in [3.63, 3.8) is 0 Å². The molecule has 0 spiro atoms. The molecule has 0 saturated heterocycles. The van der Waals surface area contributed by atoms with Crippen molar-refractivity contribution in [3.05, 3.63) is 17.6 Å². The fourth-order valence-electron chi connectivity index (χ4n) is 1.37. The molecule has 0 aliphatic rings. The third kappa shape index (κ3) is 2.67. The van der Waals surface area contributed by atoms with Gasteiger partial charge in [0.2, 0.25) is 0 Å². The summed E-state index contributed by atoms with van der Waals surface area (Å²) < 4.78 is 0. The van der Waals surface area contributed by atoms with Crippen molar-refractivity contribution in [2.45, 2.75) is 26.9 Å². The molecule has 1 aromatic heterocycles. The van der Waals surface area contributed by atoms with Gasteiger partial charge >= 0.3 is 0 Å². The molecule has 1 unspecified atom stereocenters. The van der Waals surface area contributed by atoms with Crippen LogP contribution in [0.2, 0.25) is 0 Å². The summed E-state index contributed by atoms with van der Waals surface area (Å²) in [6.07, 6.45) is 1.39. The van der Waals surface area contributed by atoms with Gasteiger partial charge < -0.3 is 10.0 Å². The highest BCUT2D eigenvalue weighted by Crippen LogP contribution is 2.13. The molecule has 4 heteroatoms. The number of likely N-dealkylation sites (N-methyl/N-ethyl adjacent to an activating group) is 1. The summed E-state index contributed by atoms with van der Waals surface area (Å²) in [7, 11) is 1.91. The number of aliphatic hydroxyl groups excluding tert-OH is 1. The van der Waals surface area contributed by atoms with E-state index in [2.05, 4.69) is 9.97 Å². The van der Waals surface area contributed by atoms with E-state index in [1.807, 2.05) is 25.8 Å². The van der Waals surface area contributed by atoms with Crippen molar-refractivity contribution in [2.75, 3.05) is 18.5 Å². The minimum absolute atomic E-state index is 0.360. The van der Waals surface area contributed by atoms with E-state index >= 15 is 0 Å². The Hall–Kier alpha value is -1.16. The van der Waals surface area contributed by atoms with Crippen molar-refractivity contribution >= 4 is 5.82 Å². The van der Waals surface area contributed by atoms with Crippen LogP contribution in [0.5, 0.6) is 0 Å². The fraction of sp³-hybridized carbons (Fsp3) is 0.600. The third-order valence-electron chi connectivity index (χ3n) is 1.95. The van der Waals surface area contributed by atoms with E-state index in [1.165, 1.54) is 0 Å². The van der Waals surface area contributed by atoms with E-state index < -0.39 is 0 Å². The Kier molecular flexibility index (Phi) is 3.41. The van der Waals surface area contributed by atoms with Gasteiger partial charge in [-0.15, -0.1) is 0 Å². The number of aryl methyl sites for hydroxylation is 2. The van der Waals surface area contributed by atoms with Crippen LogP contribution in [0.25, 0.3) is 0 Å². The number of anilines is 1. The molecule has 1 atom stereocenters. The van der Waals surface area contributed by atoms with Crippen LogP contribution in [-0.2, 0) is 0 Å². The average molecular weight is 195 g/mol. The molecule has 0 radical (unpaired) electrons. The molecule has 0 aliphatic carbocycles. The largest absolute Gasteiger partial charge is 0.392 e. The van der Waals surface area contributed by atoms with Gasteiger partial charge in [0.25, 0.3) is 0 Å². The molecule has 1 N–H and O–H groups in total. The standard InChI is InChI=1S/C10H17N3O/c1-7-5-11-9(3)10(12-7)13(4)6-8(2)14/h5,8,14H,6H2,1-4H3. The maximum absolute atomic E-state index is 9.25. The molecule has 14 heavy (non-hydrogen) atoms. The quantitative estimate of drug-likeness (QED) is 0.779. The molecule has 0 aliphatic heterocycles. The van der Waals surface area contributed by atoms with Gasteiger partial charge in [-0.1, -0.05) is 0 Å². The smallest absolute Gasteiger partial charge is 0.150 e. The Labute approximate surface area is 84.6 Å². The summed E-state index contributed by atoms with van der Waals surface area (Å²) in [5, 5.41) is 9.25. The number of hydrogen-bond donors (Lipinski definition) is 1. The Morgan fingerprint density at radius 1 is 1.50 bits per heavy atom. The first-order valence-corrected chi connectivity index (χ1v) is 4.70. The summed E-state index contributed by atoms with van der Waals surface area (Å²) in [6.45, 7) is 6.15. The lowest BCUT2D eigenvalue weighted by Crippen LogP contribution is -2.28. The van der Waals surface area contributed by atoms with Gasteiger partial charge in [0, 0.05) is 19.8 Å². The average Bonchev–Trinajstić information content (AvgIpc) is 2.08. The second-order valence-corrected chi connectivity index (χ2v) is 3.65. The Morgan fingerprint density at radius 2 is 2.14 bits per heavy atom. The summed E-state index contributed by atoms with van der Waals surface area (Å²) in [5.74, 6) is 0.839. The monoisotopic (exact) mass is 195 g/mol. The molecule has 1 heterocycles. The Balaban J connectivity index is 2.88. The second kappa shape index (κ2) is 4.37. The van der Waals surface area contributed by atoms with Gasteiger partial charge in [0.05, 0.1) is 17.5 Å². The number of aliphatic hydroxyl groups is 1. The summed E-state index contributed by atoms with van der Waals surface area (Å²) in [5.41, 5.74) is 1.78. The van der Waals surface area contributed by atoms with E-state index in [4.69, 9.17) is 0 Å². The Bertz CT molecular complexity index is 312. The zero-order valence-corrected chi connectivity index (χ0v) is 9.15. The molecule has 1 rings (SSSR count). The van der Waals surface area contributed by atoms with Crippen LogP contribution in [-0.4, -0.2) is 34.8 Å². The van der Waals surface area contributed by atoms with Gasteiger partial charge in [-0.05, 0) is 20.8 Å². The number of nitrogens with zero attached hydrogens (tertiary/aromatic N) is 3. The van der Waals surface area contributed by atoms with Gasteiger partial charge in [-0.3, -0.25) is 4.98 Å². The van der Waals surface area contributed by atoms with Crippen molar-refractivity contribution in [1.82, 2.24) is 9.97 Å². The van der Waals surface area contributed by atoms with E-state index in [-0.39, 0.29) is 6.10 Å². The number of hydrogen-bond acceptors (Lipinski definition) is 4. The molecule has 1 aromatic rings. The van der Waals surface area contributed by atoms with Crippen molar-refractivity contribution in [3.8, 4) is 0 Å². The zero-order valence-electron chi connectivity index (χ0n) is 9.15. The lowest BCUT2D eigenvalue weighted by Gasteiger charge is -2.21. The van der Waals surface area contributed by atoms with Crippen LogP contribution in [0, 0.1) is 13.8 Å². The SMILES string of the molecule is Cc1cnc(C)c(N(C)CC(C)O)n1. The first-order chi connectivity index (χ1) is 6.50. The first-order valence-electron chi connectivity index (χ1n) is 4.70. The van der Waals surface area contributed by atoms with Gasteiger partial charge in [-0.25, -0.2) is 4.98 Å². The van der Waals surface area contributed by atoms with Crippen LogP contribution in [0.3, 0.4) is 0 Å². The minimum Gasteiger partial charge on any atom is -0.392 e. The third-order valence-corrected chi connectivity index (χ3v) is 1.95. The van der Waals surface area contributed by atoms with E-state index in [1.54, 1.807) is 13.1 Å². The fourth-order valence-corrected chi connectivity index (χ4v) is 1.37. The van der Waals surface area contributed by atoms with Gasteiger partial charge in [-0.2, -0.15) is 0 Å². The van der Waals surface area contributed by atoms with Crippen molar-refractivity contribution in [2.24, 2.45) is 0 Å². The first kappa shape index (κ1) is 10.9. The molecule has 78 valence electrons. The van der Waals surface area contributed by atoms with Crippen molar-refractivity contribution < 1.29 is 5.11 Å². The van der Waals surface area contributed by atoms with Crippen LogP contribution in [0.4, 0.5) is 5.82 Å². The predicted octanol–water partition coefficient (Wildman–Crippen LogP) is 0.910. The number of rotatable bonds is 3. The highest BCUT2D eigenvalue weighted by atomic mass is 16.3.